The van der Waals surface area contributed by atoms with Crippen LogP contribution in [0.2, 0.25) is 0 Å². The van der Waals surface area contributed by atoms with Crippen LogP contribution in [0.1, 0.15) is 15.9 Å². The molecule has 1 aromatic heterocycles. The normalized spacial score (nSPS) is 17.7. The highest BCUT2D eigenvalue weighted by atomic mass is 32.2. The number of thiophene rings is 1. The molecule has 0 unspecified atom stereocenters. The third-order valence-corrected chi connectivity index (χ3v) is 6.08. The van der Waals surface area contributed by atoms with Crippen molar-refractivity contribution in [3.63, 3.8) is 0 Å². The van der Waals surface area contributed by atoms with Gasteiger partial charge in [-0.05, 0) is 34.9 Å². The van der Waals surface area contributed by atoms with E-state index in [1.165, 1.54) is 22.8 Å². The van der Waals surface area contributed by atoms with E-state index in [4.69, 9.17) is 5.53 Å². The Balaban J connectivity index is 2.21. The van der Waals surface area contributed by atoms with E-state index in [1.807, 2.05) is 35.0 Å². The molecule has 0 spiro atoms. The van der Waals surface area contributed by atoms with Crippen LogP contribution in [0.15, 0.2) is 16.6 Å². The van der Waals surface area contributed by atoms with Crippen LogP contribution in [0.4, 0.5) is 5.69 Å². The van der Waals surface area contributed by atoms with Gasteiger partial charge < -0.3 is 0 Å². The molecule has 0 amide bonds. The SMILES string of the molecule is [N-]=[N+]=Nc1ccsc1C1SCCCS1. The second-order valence-electron chi connectivity index (χ2n) is 2.79. The molecule has 0 saturated carbocycles. The second kappa shape index (κ2) is 4.98. The fraction of sp³-hybridized carbons (Fsp3) is 0.500. The van der Waals surface area contributed by atoms with Gasteiger partial charge in [0, 0.05) is 9.79 Å². The van der Waals surface area contributed by atoms with Crippen molar-refractivity contribution < 1.29 is 0 Å². The van der Waals surface area contributed by atoms with Gasteiger partial charge in [0.2, 0.25) is 0 Å². The summed E-state index contributed by atoms with van der Waals surface area (Å²) in [6, 6.07) is 1.90. The van der Waals surface area contributed by atoms with Gasteiger partial charge in [-0.25, -0.2) is 0 Å². The first kappa shape index (κ1) is 10.2. The number of nitrogens with zero attached hydrogens (tertiary/aromatic N) is 3. The van der Waals surface area contributed by atoms with Gasteiger partial charge in [0.15, 0.2) is 0 Å². The minimum Gasteiger partial charge on any atom is -0.146 e. The molecule has 1 fully saturated rings. The van der Waals surface area contributed by atoms with Crippen LogP contribution in [0.3, 0.4) is 0 Å². The Morgan fingerprint density at radius 3 is 2.93 bits per heavy atom. The molecule has 0 radical (unpaired) electrons. The van der Waals surface area contributed by atoms with Crippen molar-refractivity contribution in [1.82, 2.24) is 0 Å². The molecule has 0 aliphatic carbocycles. The first-order chi connectivity index (χ1) is 6.92. The quantitative estimate of drug-likeness (QED) is 0.434. The van der Waals surface area contributed by atoms with Crippen LogP contribution in [0.25, 0.3) is 10.4 Å². The monoisotopic (exact) mass is 243 g/mol. The molecule has 2 heterocycles. The number of azide groups is 1. The van der Waals surface area contributed by atoms with Crippen LogP contribution >= 0.6 is 34.9 Å². The Labute approximate surface area is 94.9 Å². The number of thioether (sulfide) groups is 2. The van der Waals surface area contributed by atoms with Crippen molar-refractivity contribution in [3.05, 3.63) is 26.8 Å². The van der Waals surface area contributed by atoms with Crippen molar-refractivity contribution in [2.24, 2.45) is 5.11 Å². The summed E-state index contributed by atoms with van der Waals surface area (Å²) in [6.07, 6.45) is 1.29. The van der Waals surface area contributed by atoms with Gasteiger partial charge in [-0.2, -0.15) is 0 Å². The summed E-state index contributed by atoms with van der Waals surface area (Å²) in [5.74, 6) is 2.43. The Hall–Kier alpha value is -0.290. The molecule has 14 heavy (non-hydrogen) atoms. The molecule has 74 valence electrons. The summed E-state index contributed by atoms with van der Waals surface area (Å²) in [7, 11) is 0. The number of hydrogen-bond donors (Lipinski definition) is 0. The minimum absolute atomic E-state index is 0.476. The van der Waals surface area contributed by atoms with Crippen LogP contribution in [-0.2, 0) is 0 Å². The van der Waals surface area contributed by atoms with E-state index in [0.29, 0.717) is 4.58 Å². The van der Waals surface area contributed by atoms with Crippen LogP contribution in [0, 0.1) is 0 Å². The molecule has 0 atom stereocenters. The van der Waals surface area contributed by atoms with E-state index >= 15 is 0 Å². The maximum atomic E-state index is 8.41. The average Bonchev–Trinajstić information content (AvgIpc) is 2.68. The average molecular weight is 243 g/mol. The van der Waals surface area contributed by atoms with E-state index < -0.39 is 0 Å². The molecular formula is C8H9N3S3. The predicted molar refractivity (Wildman–Crippen MR) is 65.4 cm³/mol. The maximum Gasteiger partial charge on any atom is 0.0848 e. The van der Waals surface area contributed by atoms with Gasteiger partial charge >= 0.3 is 0 Å². The number of hydrogen-bond acceptors (Lipinski definition) is 4. The Kier molecular flexibility index (Phi) is 3.64. The summed E-state index contributed by atoms with van der Waals surface area (Å²) in [5, 5.41) is 5.70. The largest absolute Gasteiger partial charge is 0.146 e. The topological polar surface area (TPSA) is 48.8 Å². The first-order valence-electron chi connectivity index (χ1n) is 4.27. The smallest absolute Gasteiger partial charge is 0.0848 e. The van der Waals surface area contributed by atoms with Crippen molar-refractivity contribution in [1.29, 1.82) is 0 Å². The van der Waals surface area contributed by atoms with Gasteiger partial charge in [0.05, 0.1) is 10.3 Å². The molecule has 1 aromatic rings. The first-order valence-corrected chi connectivity index (χ1v) is 7.25. The zero-order valence-corrected chi connectivity index (χ0v) is 9.87. The van der Waals surface area contributed by atoms with Crippen LogP contribution in [0.5, 0.6) is 0 Å². The summed E-state index contributed by atoms with van der Waals surface area (Å²) < 4.78 is 0.476. The second-order valence-corrected chi connectivity index (χ2v) is 6.46. The van der Waals surface area contributed by atoms with Gasteiger partial charge in [0.25, 0.3) is 0 Å². The molecule has 0 bridgehead atoms. The number of rotatable bonds is 2. The molecule has 0 aromatic carbocycles. The lowest BCUT2D eigenvalue weighted by molar-refractivity contribution is 1.10. The predicted octanol–water partition coefficient (Wildman–Crippen LogP) is 4.56. The maximum absolute atomic E-state index is 8.41. The van der Waals surface area contributed by atoms with E-state index in [1.54, 1.807) is 11.3 Å². The van der Waals surface area contributed by atoms with E-state index in [9.17, 15) is 0 Å². The van der Waals surface area contributed by atoms with Crippen LogP contribution < -0.4 is 0 Å². The highest BCUT2D eigenvalue weighted by molar-refractivity contribution is 8.17. The van der Waals surface area contributed by atoms with Crippen LogP contribution in [-0.4, -0.2) is 11.5 Å². The molecule has 3 nitrogen and oxygen atoms in total. The zero-order valence-electron chi connectivity index (χ0n) is 7.42. The molecule has 1 aliphatic rings. The lowest BCUT2D eigenvalue weighted by atomic mass is 10.4. The molecule has 2 rings (SSSR count). The fourth-order valence-corrected chi connectivity index (χ4v) is 5.43. The highest BCUT2D eigenvalue weighted by Gasteiger charge is 2.20. The summed E-state index contributed by atoms with van der Waals surface area (Å²) in [6.45, 7) is 0. The fourth-order valence-electron chi connectivity index (χ4n) is 1.26. The molecular weight excluding hydrogens is 234 g/mol. The Bertz CT molecular complexity index is 350. The Morgan fingerprint density at radius 2 is 2.21 bits per heavy atom. The summed E-state index contributed by atoms with van der Waals surface area (Å²) in [4.78, 5) is 4.07. The third-order valence-electron chi connectivity index (χ3n) is 1.87. The zero-order chi connectivity index (χ0) is 9.80. The molecule has 6 heteroatoms. The van der Waals surface area contributed by atoms with E-state index in [0.717, 1.165) is 5.69 Å². The lowest BCUT2D eigenvalue weighted by Gasteiger charge is -2.20. The standard InChI is InChI=1S/C8H9N3S3/c9-11-10-6-2-5-12-7(6)8-13-3-1-4-14-8/h2,5,8H,1,3-4H2. The highest BCUT2D eigenvalue weighted by Crippen LogP contribution is 2.48. The molecule has 1 saturated heterocycles. The summed E-state index contributed by atoms with van der Waals surface area (Å²) >= 11 is 5.59. The van der Waals surface area contributed by atoms with Crippen molar-refractivity contribution >= 4 is 40.5 Å². The third kappa shape index (κ3) is 2.20. The van der Waals surface area contributed by atoms with Crippen molar-refractivity contribution in [3.8, 4) is 0 Å². The Morgan fingerprint density at radius 1 is 1.43 bits per heavy atom. The van der Waals surface area contributed by atoms with Crippen molar-refractivity contribution in [2.75, 3.05) is 11.5 Å². The van der Waals surface area contributed by atoms with Gasteiger partial charge in [-0.3, -0.25) is 0 Å². The van der Waals surface area contributed by atoms with Gasteiger partial charge in [0.1, 0.15) is 0 Å². The molecule has 0 N–H and O–H groups in total. The summed E-state index contributed by atoms with van der Waals surface area (Å²) in [5.41, 5.74) is 9.22. The van der Waals surface area contributed by atoms with Gasteiger partial charge in [-0.1, -0.05) is 5.11 Å². The van der Waals surface area contributed by atoms with Gasteiger partial charge in [-0.15, -0.1) is 34.9 Å². The van der Waals surface area contributed by atoms with E-state index in [2.05, 4.69) is 10.0 Å². The lowest BCUT2D eigenvalue weighted by Crippen LogP contribution is -1.98. The van der Waals surface area contributed by atoms with E-state index in [-0.39, 0.29) is 0 Å². The molecule has 1 aliphatic heterocycles. The van der Waals surface area contributed by atoms with Crippen molar-refractivity contribution in [2.45, 2.75) is 11.0 Å². The minimum atomic E-state index is 0.476.